The fourth-order valence-electron chi connectivity index (χ4n) is 8.32. The minimum absolute atomic E-state index is 0.234. The minimum atomic E-state index is -1.17. The molecule has 1 saturated heterocycles. The number of aliphatic hydroxyl groups is 1. The molecule has 6 heterocycles. The van der Waals surface area contributed by atoms with Crippen LogP contribution in [0.3, 0.4) is 0 Å². The predicted octanol–water partition coefficient (Wildman–Crippen LogP) is 6.34. The molecule has 13 nitrogen and oxygen atoms in total. The Morgan fingerprint density at radius 3 is 2.53 bits per heavy atom. The zero-order valence-corrected chi connectivity index (χ0v) is 33.2. The van der Waals surface area contributed by atoms with Crippen molar-refractivity contribution in [2.45, 2.75) is 45.9 Å². The van der Waals surface area contributed by atoms with E-state index in [4.69, 9.17) is 4.98 Å². The number of fused-ring (bicyclic) bond motifs is 1. The summed E-state index contributed by atoms with van der Waals surface area (Å²) in [6.45, 7) is 14.4. The molecule has 0 radical (unpaired) electrons. The molecule has 2 aliphatic rings. The van der Waals surface area contributed by atoms with Crippen molar-refractivity contribution in [3.8, 4) is 17.1 Å². The number of allylic oxidation sites excluding steroid dienone is 1. The number of nitrogens with one attached hydrogen (secondary N) is 3. The van der Waals surface area contributed by atoms with Crippen LogP contribution < -0.4 is 21.1 Å². The van der Waals surface area contributed by atoms with E-state index in [1.54, 1.807) is 42.8 Å². The average Bonchev–Trinajstić information content (AvgIpc) is 3.64. The van der Waals surface area contributed by atoms with Crippen LogP contribution in [0, 0.1) is 12.7 Å². The van der Waals surface area contributed by atoms with Gasteiger partial charge in [0.1, 0.15) is 16.8 Å². The van der Waals surface area contributed by atoms with Gasteiger partial charge in [-0.1, -0.05) is 30.3 Å². The first-order chi connectivity index (χ1) is 28.4. The average molecular weight is 793 g/mol. The first-order valence-corrected chi connectivity index (χ1v) is 19.8. The third-order valence-corrected chi connectivity index (χ3v) is 11.3. The monoisotopic (exact) mass is 792 g/mol. The highest BCUT2D eigenvalue weighted by atomic mass is 19.1. The van der Waals surface area contributed by atoms with E-state index in [9.17, 15) is 19.1 Å². The van der Waals surface area contributed by atoms with Crippen LogP contribution in [-0.4, -0.2) is 77.9 Å². The molecule has 4 aromatic heterocycles. The summed E-state index contributed by atoms with van der Waals surface area (Å²) in [5.74, 6) is 0.103. The Hall–Kier alpha value is -6.64. The summed E-state index contributed by atoms with van der Waals surface area (Å²) in [5, 5.41) is 18.0. The summed E-state index contributed by atoms with van der Waals surface area (Å²) in [4.78, 5) is 48.2. The van der Waals surface area contributed by atoms with Gasteiger partial charge in [-0.25, -0.2) is 23.7 Å². The Morgan fingerprint density at radius 2 is 1.78 bits per heavy atom. The minimum Gasteiger partial charge on any atom is -0.384 e. The van der Waals surface area contributed by atoms with Crippen LogP contribution in [0.4, 0.5) is 21.7 Å². The van der Waals surface area contributed by atoms with Crippen molar-refractivity contribution in [1.82, 2.24) is 39.5 Å². The smallest absolute Gasteiger partial charge is 0.278 e. The third-order valence-electron chi connectivity index (χ3n) is 11.3. The van der Waals surface area contributed by atoms with Crippen LogP contribution >= 0.6 is 0 Å². The molecule has 0 spiro atoms. The second-order valence-electron chi connectivity index (χ2n) is 15.8. The lowest BCUT2D eigenvalue weighted by atomic mass is 9.96. The van der Waals surface area contributed by atoms with Gasteiger partial charge in [-0.15, -0.1) is 6.58 Å². The van der Waals surface area contributed by atoms with Crippen molar-refractivity contribution in [2.24, 2.45) is 0 Å². The first-order valence-electron chi connectivity index (χ1n) is 19.8. The first kappa shape index (κ1) is 37.9. The number of rotatable bonds is 10. The molecule has 14 heteroatoms. The van der Waals surface area contributed by atoms with Crippen LogP contribution in [0.5, 0.6) is 0 Å². The van der Waals surface area contributed by atoms with Crippen molar-refractivity contribution in [2.75, 3.05) is 42.9 Å². The zero-order valence-electron chi connectivity index (χ0n) is 33.2. The van der Waals surface area contributed by atoms with Gasteiger partial charge in [-0.2, -0.15) is 4.98 Å². The fourth-order valence-corrected chi connectivity index (χ4v) is 8.32. The number of nitrogens with zero attached hydrogens (tertiary/aromatic N) is 7. The lowest BCUT2D eigenvalue weighted by Crippen LogP contribution is -2.45. The number of carbonyl (C=O) groups excluding carboxylic acids is 1. The van der Waals surface area contributed by atoms with E-state index < -0.39 is 11.4 Å². The molecule has 2 aliphatic heterocycles. The molecule has 0 aliphatic carbocycles. The zero-order chi connectivity index (χ0) is 41.0. The SMILES string of the molecule is C=CCn1c(=O)c2cnc(Nc3ccc(N4CCN(Cc5ccc(-c6[nH]c7cc(F)cc8c7c6CCNC8=O)c(C)c5)CC4)cc3)nc2n1-c1cccc(C(C)(C)O)n1. The second kappa shape index (κ2) is 14.9. The maximum Gasteiger partial charge on any atom is 0.278 e. The van der Waals surface area contributed by atoms with Crippen molar-refractivity contribution in [1.29, 1.82) is 0 Å². The van der Waals surface area contributed by atoms with Crippen molar-refractivity contribution in [3.05, 3.63) is 136 Å². The molecule has 0 unspecified atom stereocenters. The maximum absolute atomic E-state index is 14.4. The fraction of sp³-hybridized carbons (Fsp3) is 0.267. The van der Waals surface area contributed by atoms with E-state index in [0.29, 0.717) is 52.5 Å². The summed E-state index contributed by atoms with van der Waals surface area (Å²) in [5.41, 5.74) is 7.78. The Morgan fingerprint density at radius 1 is 0.983 bits per heavy atom. The second-order valence-corrected chi connectivity index (χ2v) is 15.8. The van der Waals surface area contributed by atoms with Crippen LogP contribution in [0.25, 0.3) is 39.0 Å². The van der Waals surface area contributed by atoms with Gasteiger partial charge in [0.2, 0.25) is 5.95 Å². The molecule has 59 heavy (non-hydrogen) atoms. The van der Waals surface area contributed by atoms with Gasteiger partial charge in [0, 0.05) is 73.3 Å². The highest BCUT2D eigenvalue weighted by Gasteiger charge is 2.26. The lowest BCUT2D eigenvalue weighted by Gasteiger charge is -2.36. The van der Waals surface area contributed by atoms with Gasteiger partial charge in [-0.3, -0.25) is 14.5 Å². The van der Waals surface area contributed by atoms with E-state index in [1.807, 2.05) is 12.1 Å². The highest BCUT2D eigenvalue weighted by molar-refractivity contribution is 6.10. The molecule has 0 atom stereocenters. The van der Waals surface area contributed by atoms with E-state index in [2.05, 4.69) is 79.2 Å². The number of halogens is 1. The Labute approximate surface area is 339 Å². The van der Waals surface area contributed by atoms with Gasteiger partial charge in [0.25, 0.3) is 11.5 Å². The molecule has 9 rings (SSSR count). The van der Waals surface area contributed by atoms with Crippen molar-refractivity contribution < 1.29 is 14.3 Å². The topological polar surface area (TPSA) is 149 Å². The summed E-state index contributed by atoms with van der Waals surface area (Å²) >= 11 is 0. The molecular weight excluding hydrogens is 748 g/mol. The quantitative estimate of drug-likeness (QED) is 0.117. The third kappa shape index (κ3) is 7.14. The number of amides is 1. The number of H-pyrrole nitrogens is 1. The number of aromatic nitrogens is 6. The molecule has 3 aromatic carbocycles. The highest BCUT2D eigenvalue weighted by Crippen LogP contribution is 2.36. The number of aromatic amines is 1. The van der Waals surface area contributed by atoms with Crippen LogP contribution in [0.1, 0.15) is 46.6 Å². The Bertz CT molecular complexity index is 2830. The maximum atomic E-state index is 14.4. The summed E-state index contributed by atoms with van der Waals surface area (Å²) < 4.78 is 17.6. The number of anilines is 3. The number of hydrogen-bond acceptors (Lipinski definition) is 9. The lowest BCUT2D eigenvalue weighted by molar-refractivity contribution is 0.0737. The molecule has 1 fully saturated rings. The molecule has 0 bridgehead atoms. The van der Waals surface area contributed by atoms with E-state index in [1.165, 1.54) is 28.6 Å². The van der Waals surface area contributed by atoms with E-state index in [-0.39, 0.29) is 18.0 Å². The molecule has 0 saturated carbocycles. The van der Waals surface area contributed by atoms with Crippen molar-refractivity contribution in [3.63, 3.8) is 0 Å². The molecule has 4 N–H and O–H groups in total. The van der Waals surface area contributed by atoms with Crippen molar-refractivity contribution >= 4 is 45.2 Å². The summed E-state index contributed by atoms with van der Waals surface area (Å²) in [7, 11) is 0. The number of pyridine rings is 1. The molecule has 300 valence electrons. The molecule has 7 aromatic rings. The van der Waals surface area contributed by atoms with Gasteiger partial charge >= 0.3 is 0 Å². The standard InChI is InChI=1S/C45H45FN10O3/c1-5-17-55-43(58)35-25-48-44(52-41(35)56(55)38-8-6-7-37(51-38)45(3,4)59)49-30-10-12-31(13-11-30)54-20-18-53(19-21-54)26-28-9-14-32(27(2)22-28)40-33-15-16-47-42(57)34-23-29(46)24-36(50-40)39(33)34/h5-14,22-25,50,59H,1,15-21,26H2,2-4H3,(H,47,57)(H,48,49,52). The van der Waals surface area contributed by atoms with Crippen LogP contribution in [0.2, 0.25) is 0 Å². The number of hydrogen-bond donors (Lipinski definition) is 4. The van der Waals surface area contributed by atoms with E-state index in [0.717, 1.165) is 71.9 Å². The predicted molar refractivity (Wildman–Crippen MR) is 228 cm³/mol. The normalized spacial score (nSPS) is 14.8. The van der Waals surface area contributed by atoms with E-state index >= 15 is 0 Å². The van der Waals surface area contributed by atoms with Crippen LogP contribution in [0.15, 0.2) is 96.4 Å². The van der Waals surface area contributed by atoms with Gasteiger partial charge < -0.3 is 25.6 Å². The van der Waals surface area contributed by atoms with Gasteiger partial charge in [0.05, 0.1) is 23.5 Å². The molecular formula is C45H45FN10O3. The number of piperazine rings is 1. The Kier molecular flexibility index (Phi) is 9.60. The molecule has 1 amide bonds. The van der Waals surface area contributed by atoms with Crippen LogP contribution in [-0.2, 0) is 25.1 Å². The van der Waals surface area contributed by atoms with Gasteiger partial charge in [0.15, 0.2) is 11.5 Å². The number of carbonyl (C=O) groups is 1. The number of aryl methyl sites for hydroxylation is 1. The summed E-state index contributed by atoms with van der Waals surface area (Å²) in [6.07, 6.45) is 3.83. The summed E-state index contributed by atoms with van der Waals surface area (Å²) in [6, 6.07) is 22.8. The Balaban J connectivity index is 0.864. The number of benzene rings is 3. The largest absolute Gasteiger partial charge is 0.384 e. The van der Waals surface area contributed by atoms with Gasteiger partial charge in [-0.05, 0) is 92.4 Å².